The second kappa shape index (κ2) is 36.8. The first-order valence-electron chi connectivity index (χ1n) is 35.9. The lowest BCUT2D eigenvalue weighted by Crippen LogP contribution is -2.48. The molecule has 590 valence electrons. The molecule has 0 spiro atoms. The van der Waals surface area contributed by atoms with Crippen molar-refractivity contribution in [1.29, 1.82) is 0 Å². The summed E-state index contributed by atoms with van der Waals surface area (Å²) >= 11 is 12.1. The van der Waals surface area contributed by atoms with E-state index in [2.05, 4.69) is 107 Å². The van der Waals surface area contributed by atoms with Crippen LogP contribution in [0.25, 0.3) is 22.3 Å². The number of halogens is 2. The fourth-order valence-corrected chi connectivity index (χ4v) is 17.1. The molecule has 11 aromatic rings. The molecule has 4 amide bonds. The number of amides is 4. The minimum Gasteiger partial charge on any atom is -0.369 e. The molecule has 4 aromatic heterocycles. The van der Waals surface area contributed by atoms with Crippen molar-refractivity contribution in [3.8, 4) is 22.3 Å². The van der Waals surface area contributed by atoms with Crippen LogP contribution < -0.4 is 72.2 Å². The van der Waals surface area contributed by atoms with E-state index in [4.69, 9.17) is 23.2 Å². The maximum Gasteiger partial charge on any atom is 0.319 e. The molecule has 114 heavy (non-hydrogen) atoms. The van der Waals surface area contributed by atoms with Crippen LogP contribution in [-0.4, -0.2) is 150 Å². The van der Waals surface area contributed by atoms with Crippen LogP contribution in [0.3, 0.4) is 0 Å². The van der Waals surface area contributed by atoms with Crippen molar-refractivity contribution in [2.24, 2.45) is 0 Å². The van der Waals surface area contributed by atoms with E-state index < -0.39 is 46.1 Å². The highest BCUT2D eigenvalue weighted by Crippen LogP contribution is 2.34. The Hall–Kier alpha value is -11.7. The summed E-state index contributed by atoms with van der Waals surface area (Å²) in [7, 11) is -14.4. The van der Waals surface area contributed by atoms with Crippen LogP contribution in [0.4, 0.5) is 79.0 Å². The number of pyridine rings is 1. The maximum absolute atomic E-state index is 13.0. The molecule has 7 aromatic carbocycles. The predicted molar refractivity (Wildman–Crippen MR) is 441 cm³/mol. The molecule has 1 saturated heterocycles. The van der Waals surface area contributed by atoms with Gasteiger partial charge >= 0.3 is 12.1 Å². The van der Waals surface area contributed by atoms with Crippen molar-refractivity contribution in [2.45, 2.75) is 51.9 Å². The molecule has 0 atom stereocenters. The number of hydrogen-bond acceptors (Lipinski definition) is 24. The zero-order valence-corrected chi connectivity index (χ0v) is 65.6. The van der Waals surface area contributed by atoms with Gasteiger partial charge in [-0.3, -0.25) is 4.98 Å². The molecule has 0 radical (unpaired) electrons. The molecule has 38 heteroatoms. The van der Waals surface area contributed by atoms with Gasteiger partial charge in [0.25, 0.3) is 0 Å². The van der Waals surface area contributed by atoms with Crippen molar-refractivity contribution >= 4 is 145 Å². The number of sulfonamides is 4. The highest BCUT2D eigenvalue weighted by atomic mass is 35.5. The summed E-state index contributed by atoms with van der Waals surface area (Å²) in [5, 5.41) is 30.8. The first-order chi connectivity index (χ1) is 55.1. The lowest BCUT2D eigenvalue weighted by atomic mass is 10.1. The third kappa shape index (κ3) is 21.1. The topological polar surface area (TPSA) is 424 Å². The number of fused-ring (bicyclic) bond motifs is 12. The first-order valence-corrected chi connectivity index (χ1v) is 42.6. The van der Waals surface area contributed by atoms with E-state index in [1.807, 2.05) is 48.5 Å². The van der Waals surface area contributed by atoms with Crippen molar-refractivity contribution in [3.05, 3.63) is 234 Å². The van der Waals surface area contributed by atoms with Crippen LogP contribution in [0.15, 0.2) is 233 Å². The number of nitrogens with one attached hydrogen (secondary N) is 13. The summed E-state index contributed by atoms with van der Waals surface area (Å²) in [5.74, 6) is 2.85. The third-order valence-electron chi connectivity index (χ3n) is 17.9. The largest absolute Gasteiger partial charge is 0.369 e. The Kier molecular flexibility index (Phi) is 26.0. The van der Waals surface area contributed by atoms with E-state index in [1.54, 1.807) is 158 Å². The summed E-state index contributed by atoms with van der Waals surface area (Å²) in [5.41, 5.74) is 8.64. The van der Waals surface area contributed by atoms with Crippen LogP contribution >= 0.6 is 23.2 Å². The fourth-order valence-electron chi connectivity index (χ4n) is 12.0. The highest BCUT2D eigenvalue weighted by Gasteiger charge is 2.30. The second-order valence-corrected chi connectivity index (χ2v) is 33.9. The summed E-state index contributed by atoms with van der Waals surface area (Å²) in [6.07, 6.45) is 10.0. The maximum atomic E-state index is 13.0. The molecule has 8 heterocycles. The van der Waals surface area contributed by atoms with Gasteiger partial charge in [-0.05, 0) is 133 Å². The van der Waals surface area contributed by atoms with Crippen LogP contribution in [0, 0.1) is 0 Å². The van der Waals surface area contributed by atoms with Gasteiger partial charge in [0.15, 0.2) is 5.82 Å². The molecular weight excluding hydrogens is 1580 g/mol. The zero-order chi connectivity index (χ0) is 79.7. The fraction of sp³-hybridized carbons (Fsp3) is 0.197. The van der Waals surface area contributed by atoms with Gasteiger partial charge in [0.1, 0.15) is 11.6 Å². The lowest BCUT2D eigenvalue weighted by molar-refractivity contribution is 0.251. The SMILES string of the molecule is O=C(NCc1ccc(-c2cnc3nc2NCCCNS(=O)(=O)c2cccc(c2)N3)cc1)Nc1cccc(Cl)c1Cl.O=C(NCc1ccc(-c2cnc3nc2NCCCNS(=O)(=O)c2cccc(c2)N3)cc1)Nc1cccnc1.O=S1(=O)NCCCNc2nc(ncc2N2CCN(S(=O)(=O)c3ccccc3)CC2)Nc2cccc1c2. The summed E-state index contributed by atoms with van der Waals surface area (Å²) in [6.45, 7) is 4.63. The summed E-state index contributed by atoms with van der Waals surface area (Å²) in [4.78, 5) is 58.6. The molecule has 1 fully saturated rings. The first kappa shape index (κ1) is 80.3. The Morgan fingerprint density at radius 3 is 1.38 bits per heavy atom. The molecule has 0 unspecified atom stereocenters. The molecule has 0 aliphatic carbocycles. The number of urea groups is 2. The summed E-state index contributed by atoms with van der Waals surface area (Å²) in [6, 6.07) is 51.1. The Bertz CT molecular complexity index is 5740. The van der Waals surface area contributed by atoms with Gasteiger partial charge in [0.2, 0.25) is 57.9 Å². The van der Waals surface area contributed by atoms with Gasteiger partial charge in [-0.2, -0.15) is 19.3 Å². The number of rotatable bonds is 11. The highest BCUT2D eigenvalue weighted by molar-refractivity contribution is 7.90. The quantitative estimate of drug-likeness (QED) is 0.0572. The van der Waals surface area contributed by atoms with E-state index >= 15 is 0 Å². The lowest BCUT2D eigenvalue weighted by Gasteiger charge is -2.35. The van der Waals surface area contributed by atoms with Crippen LogP contribution in [0.2, 0.25) is 10.0 Å². The minimum absolute atomic E-state index is 0.167. The van der Waals surface area contributed by atoms with Gasteiger partial charge < -0.3 is 58.1 Å². The molecule has 13 N–H and O–H groups in total. The van der Waals surface area contributed by atoms with Crippen LogP contribution in [0.5, 0.6) is 0 Å². The number of anilines is 12. The number of carbonyl (C=O) groups excluding carboxylic acids is 2. The smallest absolute Gasteiger partial charge is 0.319 e. The third-order valence-corrected chi connectivity index (χ3v) is 25.0. The minimum atomic E-state index is -3.62. The van der Waals surface area contributed by atoms with E-state index in [0.29, 0.717) is 147 Å². The number of carbonyl (C=O) groups is 2. The molecular formula is C76H78Cl2N22O10S4. The Balaban J connectivity index is 0.000000149. The van der Waals surface area contributed by atoms with Gasteiger partial charge in [0, 0.05) is 125 Å². The number of benzene rings is 7. The van der Waals surface area contributed by atoms with E-state index in [9.17, 15) is 43.3 Å². The van der Waals surface area contributed by atoms with Crippen molar-refractivity contribution < 1.29 is 43.3 Å². The van der Waals surface area contributed by atoms with E-state index in [0.717, 1.165) is 39.1 Å². The van der Waals surface area contributed by atoms with Gasteiger partial charge in [-0.1, -0.05) is 114 Å². The molecule has 12 bridgehead atoms. The van der Waals surface area contributed by atoms with Gasteiger partial charge in [-0.25, -0.2) is 72.4 Å². The Labute approximate surface area is 668 Å². The van der Waals surface area contributed by atoms with E-state index in [1.165, 1.54) is 10.4 Å². The number of aromatic nitrogens is 7. The monoisotopic (exact) mass is 1660 g/mol. The van der Waals surface area contributed by atoms with Crippen LogP contribution in [-0.2, 0) is 53.2 Å². The molecule has 32 nitrogen and oxygen atoms in total. The van der Waals surface area contributed by atoms with Crippen molar-refractivity contribution in [1.82, 2.24) is 64.0 Å². The van der Waals surface area contributed by atoms with E-state index in [-0.39, 0.29) is 50.3 Å². The molecule has 15 rings (SSSR count). The van der Waals surface area contributed by atoms with Crippen molar-refractivity contribution in [3.63, 3.8) is 0 Å². The average Bonchev–Trinajstić information content (AvgIpc) is 0.808. The summed E-state index contributed by atoms with van der Waals surface area (Å²) < 4.78 is 111. The second-order valence-electron chi connectivity index (χ2n) is 25.9. The predicted octanol–water partition coefficient (Wildman–Crippen LogP) is 11.1. The number of nitrogens with zero attached hydrogens (tertiary/aromatic N) is 9. The molecule has 0 saturated carbocycles. The number of hydrogen-bond donors (Lipinski definition) is 13. The normalized spacial score (nSPS) is 15.7. The zero-order valence-electron chi connectivity index (χ0n) is 60.8. The van der Waals surface area contributed by atoms with Crippen LogP contribution in [0.1, 0.15) is 30.4 Å². The van der Waals surface area contributed by atoms with Gasteiger partial charge in [0.05, 0.1) is 59.1 Å². The molecule has 4 aliphatic rings. The Morgan fingerprint density at radius 2 is 0.904 bits per heavy atom. The standard InChI is InChI=1S/C27H25Cl2N7O3S.C26H26N8O3S.C23H27N7O4S2/c28-22-6-2-7-23(24(22)29)35-27(37)32-15-17-8-10-18(11-9-17)21-16-31-26-34-19-4-1-5-20(14-19)40(38,39)33-13-3-12-30-25(21)36-26;35-26(33-21-5-2-11-27-16-21)30-15-18-7-9-19(10-8-18)23-17-29-25-32-20-4-1-6-22(14-20)38(36,37)31-13-3-12-28-24(23)34-25;31-35(32)20-9-4-6-18(16-20)27-23-25-17-21(22(28-23)24-10-5-11-26-35)29-12-14-30(15-13-29)36(33,34)19-7-2-1-3-8-19/h1-2,4-11,14,16,33H,3,12-13,15H2,(H2,32,35,37)(H2,30,31,34,36);1-2,4-11,14,16-17,31H,3,12-13,15H2,(H2,30,33,35)(H2,28,29,32,34);1-4,6-9,16-17,26H,5,10-15H2,(H2,24,25,27,28). The average molecular weight is 1660 g/mol. The number of piperazine rings is 1. The molecule has 4 aliphatic heterocycles. The Morgan fingerprint density at radius 1 is 0.456 bits per heavy atom. The van der Waals surface area contributed by atoms with Gasteiger partial charge in [-0.15, -0.1) is 0 Å². The van der Waals surface area contributed by atoms with Crippen molar-refractivity contribution in [2.75, 3.05) is 113 Å².